The molecule has 1 N–H and O–H groups in total. The zero-order valence-electron chi connectivity index (χ0n) is 14.4. The molecule has 138 valence electrons. The van der Waals surface area contributed by atoms with Gasteiger partial charge in [-0.3, -0.25) is 14.5 Å². The van der Waals surface area contributed by atoms with Gasteiger partial charge in [-0.2, -0.15) is 0 Å². The lowest BCUT2D eigenvalue weighted by molar-refractivity contribution is -0.122. The highest BCUT2D eigenvalue weighted by atomic mass is 35.5. The van der Waals surface area contributed by atoms with Crippen LogP contribution in [0.2, 0.25) is 5.02 Å². The first kappa shape index (κ1) is 19.6. The molecule has 0 atom stereocenters. The molecular weight excluding hydrogens is 400 g/mol. The molecule has 27 heavy (non-hydrogen) atoms. The summed E-state index contributed by atoms with van der Waals surface area (Å²) < 4.78 is 0.502. The van der Waals surface area contributed by atoms with Crippen molar-refractivity contribution in [2.75, 3.05) is 11.9 Å². The zero-order valence-corrected chi connectivity index (χ0v) is 16.7. The molecule has 7 heteroatoms. The van der Waals surface area contributed by atoms with Crippen LogP contribution in [-0.4, -0.2) is 27.6 Å². The summed E-state index contributed by atoms with van der Waals surface area (Å²) in [4.78, 5) is 26.7. The summed E-state index contributed by atoms with van der Waals surface area (Å²) in [6.07, 6.45) is 2.60. The summed E-state index contributed by atoms with van der Waals surface area (Å²) in [7, 11) is 0. The van der Waals surface area contributed by atoms with Crippen LogP contribution in [0.25, 0.3) is 6.08 Å². The van der Waals surface area contributed by atoms with Crippen LogP contribution in [0.5, 0.6) is 0 Å². The molecule has 1 saturated heterocycles. The maximum absolute atomic E-state index is 12.6. The van der Waals surface area contributed by atoms with Gasteiger partial charge >= 0.3 is 0 Å². The molecule has 0 aromatic heterocycles. The van der Waals surface area contributed by atoms with Crippen molar-refractivity contribution in [1.29, 1.82) is 0 Å². The van der Waals surface area contributed by atoms with Crippen molar-refractivity contribution in [3.63, 3.8) is 0 Å². The molecular formula is C20H17ClN2O2S2. The Morgan fingerprint density at radius 2 is 1.85 bits per heavy atom. The Morgan fingerprint density at radius 1 is 1.15 bits per heavy atom. The Balaban J connectivity index is 1.55. The van der Waals surface area contributed by atoms with E-state index in [1.165, 1.54) is 11.8 Å². The number of rotatable bonds is 6. The number of hydrogen-bond acceptors (Lipinski definition) is 4. The Kier molecular flexibility index (Phi) is 6.66. The summed E-state index contributed by atoms with van der Waals surface area (Å²) in [5, 5.41) is 3.41. The maximum atomic E-state index is 12.6. The average Bonchev–Trinajstić information content (AvgIpc) is 2.92. The van der Waals surface area contributed by atoms with Gasteiger partial charge in [0.05, 0.1) is 4.91 Å². The Labute approximate surface area is 172 Å². The number of halogens is 1. The third-order valence-corrected chi connectivity index (χ3v) is 5.63. The lowest BCUT2D eigenvalue weighted by Gasteiger charge is -2.14. The van der Waals surface area contributed by atoms with E-state index in [0.29, 0.717) is 33.6 Å². The highest BCUT2D eigenvalue weighted by Gasteiger charge is 2.31. The number of nitrogens with zero attached hydrogens (tertiary/aromatic N) is 1. The molecule has 1 fully saturated rings. The van der Waals surface area contributed by atoms with Crippen LogP contribution >= 0.6 is 35.6 Å². The number of amides is 2. The number of nitrogens with one attached hydrogen (secondary N) is 1. The largest absolute Gasteiger partial charge is 0.326 e. The highest BCUT2D eigenvalue weighted by Crippen LogP contribution is 2.33. The van der Waals surface area contributed by atoms with Crippen LogP contribution < -0.4 is 5.32 Å². The van der Waals surface area contributed by atoms with Crippen molar-refractivity contribution in [3.05, 3.63) is 70.1 Å². The third-order valence-electron chi connectivity index (χ3n) is 3.91. The predicted octanol–water partition coefficient (Wildman–Crippen LogP) is 4.96. The Bertz CT molecular complexity index is 900. The average molecular weight is 417 g/mol. The molecule has 4 nitrogen and oxygen atoms in total. The van der Waals surface area contributed by atoms with Crippen LogP contribution in [-0.2, 0) is 9.59 Å². The third kappa shape index (κ3) is 5.19. The van der Waals surface area contributed by atoms with Crippen LogP contribution in [0.3, 0.4) is 0 Å². The topological polar surface area (TPSA) is 49.4 Å². The quantitative estimate of drug-likeness (QED) is 0.534. The fourth-order valence-corrected chi connectivity index (χ4v) is 4.06. The van der Waals surface area contributed by atoms with Crippen LogP contribution in [0.4, 0.5) is 5.69 Å². The zero-order chi connectivity index (χ0) is 19.2. The molecule has 1 aliphatic heterocycles. The fourth-order valence-electron chi connectivity index (χ4n) is 2.57. The van der Waals surface area contributed by atoms with E-state index in [2.05, 4.69) is 5.32 Å². The van der Waals surface area contributed by atoms with Gasteiger partial charge in [0.15, 0.2) is 0 Å². The van der Waals surface area contributed by atoms with Crippen molar-refractivity contribution in [2.24, 2.45) is 0 Å². The first-order chi connectivity index (χ1) is 13.0. The van der Waals surface area contributed by atoms with E-state index in [1.807, 2.05) is 48.5 Å². The molecule has 2 aromatic carbocycles. The molecule has 0 bridgehead atoms. The molecule has 2 aromatic rings. The van der Waals surface area contributed by atoms with E-state index in [9.17, 15) is 9.59 Å². The van der Waals surface area contributed by atoms with Gasteiger partial charge in [-0.05, 0) is 36.3 Å². The van der Waals surface area contributed by atoms with Crippen LogP contribution in [0, 0.1) is 0 Å². The number of thiocarbonyl (C=S) groups is 1. The normalized spacial score (nSPS) is 15.4. The van der Waals surface area contributed by atoms with Gasteiger partial charge in [-0.25, -0.2) is 0 Å². The molecule has 1 aliphatic rings. The standard InChI is InChI=1S/C20H17ClN2O2S2/c21-16-10-5-4-7-14(16)13-17-19(25)23(20(26)27-17)12-6-11-18(24)22-15-8-2-1-3-9-15/h1-5,7-10,13H,6,11-12H2,(H,22,24). The SMILES string of the molecule is O=C(CCCN1C(=O)C(=Cc2ccccc2Cl)SC1=S)Nc1ccccc1. The van der Waals surface area contributed by atoms with Gasteiger partial charge < -0.3 is 5.32 Å². The number of hydrogen-bond donors (Lipinski definition) is 1. The molecule has 0 radical (unpaired) electrons. The minimum absolute atomic E-state index is 0.0850. The second kappa shape index (κ2) is 9.17. The molecule has 0 saturated carbocycles. The molecule has 0 unspecified atom stereocenters. The van der Waals surface area contributed by atoms with Crippen molar-refractivity contribution in [3.8, 4) is 0 Å². The summed E-state index contributed by atoms with van der Waals surface area (Å²) in [5.41, 5.74) is 1.54. The van der Waals surface area contributed by atoms with E-state index in [1.54, 1.807) is 17.0 Å². The van der Waals surface area contributed by atoms with Gasteiger partial charge in [0.1, 0.15) is 4.32 Å². The second-order valence-electron chi connectivity index (χ2n) is 5.87. The van der Waals surface area contributed by atoms with Crippen molar-refractivity contribution < 1.29 is 9.59 Å². The van der Waals surface area contributed by atoms with Crippen molar-refractivity contribution >= 4 is 63.5 Å². The fraction of sp³-hybridized carbons (Fsp3) is 0.150. The van der Waals surface area contributed by atoms with Gasteiger partial charge in [0.2, 0.25) is 5.91 Å². The van der Waals surface area contributed by atoms with Crippen molar-refractivity contribution in [2.45, 2.75) is 12.8 Å². The summed E-state index contributed by atoms with van der Waals surface area (Å²) in [5.74, 6) is -0.230. The van der Waals surface area contributed by atoms with Crippen LogP contribution in [0.1, 0.15) is 18.4 Å². The number of benzene rings is 2. The second-order valence-corrected chi connectivity index (χ2v) is 7.96. The van der Waals surface area contributed by atoms with Gasteiger partial charge in [-0.1, -0.05) is 72.0 Å². The van der Waals surface area contributed by atoms with Crippen LogP contribution in [0.15, 0.2) is 59.5 Å². The Hall–Kier alpha value is -2.15. The van der Waals surface area contributed by atoms with Gasteiger partial charge in [0.25, 0.3) is 5.91 Å². The molecule has 0 aliphatic carbocycles. The molecule has 3 rings (SSSR count). The predicted molar refractivity (Wildman–Crippen MR) is 116 cm³/mol. The summed E-state index contributed by atoms with van der Waals surface area (Å²) >= 11 is 12.7. The minimum Gasteiger partial charge on any atom is -0.326 e. The van der Waals surface area contributed by atoms with E-state index < -0.39 is 0 Å². The smallest absolute Gasteiger partial charge is 0.266 e. The maximum Gasteiger partial charge on any atom is 0.266 e. The first-order valence-corrected chi connectivity index (χ1v) is 9.99. The van der Waals surface area contributed by atoms with E-state index in [-0.39, 0.29) is 11.8 Å². The molecule has 2 amide bonds. The monoisotopic (exact) mass is 416 g/mol. The molecule has 1 heterocycles. The molecule has 0 spiro atoms. The summed E-state index contributed by atoms with van der Waals surface area (Å²) in [6, 6.07) is 16.6. The highest BCUT2D eigenvalue weighted by molar-refractivity contribution is 8.26. The first-order valence-electron chi connectivity index (χ1n) is 8.39. The Morgan fingerprint density at radius 3 is 2.59 bits per heavy atom. The lowest BCUT2D eigenvalue weighted by atomic mass is 10.2. The summed E-state index contributed by atoms with van der Waals surface area (Å²) in [6.45, 7) is 0.409. The number of carbonyl (C=O) groups is 2. The van der Waals surface area contributed by atoms with Crippen molar-refractivity contribution in [1.82, 2.24) is 4.90 Å². The lowest BCUT2D eigenvalue weighted by Crippen LogP contribution is -2.29. The minimum atomic E-state index is -0.145. The number of para-hydroxylation sites is 1. The van der Waals surface area contributed by atoms with Gasteiger partial charge in [-0.15, -0.1) is 0 Å². The van der Waals surface area contributed by atoms with E-state index in [0.717, 1.165) is 11.3 Å². The number of thioether (sulfide) groups is 1. The number of carbonyl (C=O) groups excluding carboxylic acids is 2. The number of anilines is 1. The van der Waals surface area contributed by atoms with E-state index >= 15 is 0 Å². The van der Waals surface area contributed by atoms with E-state index in [4.69, 9.17) is 23.8 Å². The van der Waals surface area contributed by atoms with Gasteiger partial charge in [0, 0.05) is 23.7 Å².